The summed E-state index contributed by atoms with van der Waals surface area (Å²) in [5.74, 6) is -0.101. The molecule has 0 spiro atoms. The largest absolute Gasteiger partial charge is 0.322 e. The molecular weight excluding hydrogens is 307 g/mol. The van der Waals surface area contributed by atoms with Gasteiger partial charge in [0.25, 0.3) is 0 Å². The van der Waals surface area contributed by atoms with E-state index in [-0.39, 0.29) is 11.9 Å². The normalized spacial score (nSPS) is 18.9. The molecule has 1 aromatic heterocycles. The molecule has 1 atom stereocenters. The van der Waals surface area contributed by atoms with Crippen molar-refractivity contribution in [1.29, 1.82) is 0 Å². The summed E-state index contributed by atoms with van der Waals surface area (Å²) in [5, 5.41) is 6.76. The lowest BCUT2D eigenvalue weighted by Crippen LogP contribution is -2.35. The van der Waals surface area contributed by atoms with Crippen LogP contribution in [-0.2, 0) is 4.79 Å². The van der Waals surface area contributed by atoms with Gasteiger partial charge in [-0.1, -0.05) is 23.2 Å². The van der Waals surface area contributed by atoms with Gasteiger partial charge >= 0.3 is 0 Å². The number of carbonyl (C=O) groups is 1. The highest BCUT2D eigenvalue weighted by atomic mass is 35.5. The van der Waals surface area contributed by atoms with E-state index in [9.17, 15) is 4.79 Å². The third-order valence-corrected chi connectivity index (χ3v) is 4.18. The van der Waals surface area contributed by atoms with E-state index in [1.165, 1.54) is 0 Å². The van der Waals surface area contributed by atoms with Crippen LogP contribution in [0.25, 0.3) is 11.0 Å². The second-order valence-corrected chi connectivity index (χ2v) is 5.66. The lowest BCUT2D eigenvalue weighted by atomic mass is 10.2. The fourth-order valence-corrected chi connectivity index (χ4v) is 3.27. The van der Waals surface area contributed by atoms with Gasteiger partial charge in [0.15, 0.2) is 0 Å². The van der Waals surface area contributed by atoms with Gasteiger partial charge in [0.05, 0.1) is 33.5 Å². The number of benzene rings is 1. The van der Waals surface area contributed by atoms with E-state index in [4.69, 9.17) is 23.2 Å². The van der Waals surface area contributed by atoms with Crippen LogP contribution in [-0.4, -0.2) is 27.2 Å². The Morgan fingerprint density at radius 2 is 2.16 bits per heavy atom. The molecule has 0 bridgehead atoms. The smallest absolute Gasteiger partial charge is 0.241 e. The fourth-order valence-electron chi connectivity index (χ4n) is 2.11. The second-order valence-electron chi connectivity index (χ2n) is 4.31. The van der Waals surface area contributed by atoms with Gasteiger partial charge in [-0.3, -0.25) is 4.79 Å². The topological polar surface area (TPSA) is 66.9 Å². The number of aromatic nitrogens is 2. The molecule has 1 aromatic carbocycles. The lowest BCUT2D eigenvalue weighted by molar-refractivity contribution is -0.117. The van der Waals surface area contributed by atoms with Crippen molar-refractivity contribution in [2.45, 2.75) is 18.9 Å². The van der Waals surface area contributed by atoms with Crippen LogP contribution in [0.4, 0.5) is 5.69 Å². The maximum absolute atomic E-state index is 12.1. The maximum Gasteiger partial charge on any atom is 0.241 e. The molecule has 1 aliphatic heterocycles. The Hall–Kier alpha value is -0.950. The van der Waals surface area contributed by atoms with Crippen LogP contribution in [0.2, 0.25) is 10.0 Å². The highest BCUT2D eigenvalue weighted by molar-refractivity contribution is 7.00. The quantitative estimate of drug-likeness (QED) is 0.894. The first-order valence-corrected chi connectivity index (χ1v) is 7.30. The van der Waals surface area contributed by atoms with E-state index in [0.29, 0.717) is 26.8 Å². The monoisotopic (exact) mass is 316 g/mol. The molecule has 1 saturated heterocycles. The highest BCUT2D eigenvalue weighted by Gasteiger charge is 2.24. The highest BCUT2D eigenvalue weighted by Crippen LogP contribution is 2.35. The summed E-state index contributed by atoms with van der Waals surface area (Å²) in [6, 6.07) is 1.40. The molecule has 0 unspecified atom stereocenters. The molecule has 0 radical (unpaired) electrons. The molecule has 5 nitrogen and oxygen atoms in total. The van der Waals surface area contributed by atoms with Crippen LogP contribution in [0.1, 0.15) is 12.8 Å². The van der Waals surface area contributed by atoms with Gasteiger partial charge in [0.1, 0.15) is 11.0 Å². The lowest BCUT2D eigenvalue weighted by Gasteiger charge is -2.12. The van der Waals surface area contributed by atoms with E-state index in [2.05, 4.69) is 19.4 Å². The summed E-state index contributed by atoms with van der Waals surface area (Å²) in [6.07, 6.45) is 1.83. The van der Waals surface area contributed by atoms with E-state index >= 15 is 0 Å². The number of nitrogens with zero attached hydrogens (tertiary/aromatic N) is 2. The van der Waals surface area contributed by atoms with Gasteiger partial charge in [-0.25, -0.2) is 0 Å². The zero-order valence-corrected chi connectivity index (χ0v) is 12.1. The predicted octanol–water partition coefficient (Wildman–Crippen LogP) is 2.69. The van der Waals surface area contributed by atoms with Crippen LogP contribution < -0.4 is 10.6 Å². The van der Waals surface area contributed by atoms with Crippen molar-refractivity contribution in [3.8, 4) is 0 Å². The van der Waals surface area contributed by atoms with E-state index in [1.54, 1.807) is 6.07 Å². The first-order valence-electron chi connectivity index (χ1n) is 5.81. The molecule has 8 heteroatoms. The number of rotatable bonds is 2. The van der Waals surface area contributed by atoms with Crippen LogP contribution in [0.5, 0.6) is 0 Å². The van der Waals surface area contributed by atoms with Gasteiger partial charge in [-0.2, -0.15) is 8.75 Å². The average Bonchev–Trinajstić information content (AvgIpc) is 3.04. The Labute approximate surface area is 123 Å². The van der Waals surface area contributed by atoms with Gasteiger partial charge in [-0.05, 0) is 25.5 Å². The number of hydrogen-bond donors (Lipinski definition) is 2. The molecule has 1 amide bonds. The van der Waals surface area contributed by atoms with Crippen LogP contribution in [0, 0.1) is 0 Å². The minimum Gasteiger partial charge on any atom is -0.322 e. The summed E-state index contributed by atoms with van der Waals surface area (Å²) in [5.41, 5.74) is 1.58. The number of hydrogen-bond acceptors (Lipinski definition) is 5. The summed E-state index contributed by atoms with van der Waals surface area (Å²) in [6.45, 7) is 0.861. The van der Waals surface area contributed by atoms with Crippen LogP contribution in [0.3, 0.4) is 0 Å². The molecular formula is C11H10Cl2N4OS. The zero-order chi connectivity index (χ0) is 13.4. The van der Waals surface area contributed by atoms with E-state index in [0.717, 1.165) is 31.1 Å². The first kappa shape index (κ1) is 13.1. The summed E-state index contributed by atoms with van der Waals surface area (Å²) >= 11 is 13.2. The van der Waals surface area contributed by atoms with Gasteiger partial charge in [0.2, 0.25) is 5.91 Å². The van der Waals surface area contributed by atoms with Crippen molar-refractivity contribution in [1.82, 2.24) is 14.1 Å². The minimum atomic E-state index is -0.173. The molecule has 2 heterocycles. The van der Waals surface area contributed by atoms with Crippen molar-refractivity contribution >= 4 is 57.6 Å². The van der Waals surface area contributed by atoms with Crippen LogP contribution >= 0.6 is 34.9 Å². The Balaban J connectivity index is 1.96. The molecule has 2 aromatic rings. The molecule has 100 valence electrons. The maximum atomic E-state index is 12.1. The predicted molar refractivity (Wildman–Crippen MR) is 77.1 cm³/mol. The van der Waals surface area contributed by atoms with Crippen molar-refractivity contribution in [3.05, 3.63) is 16.1 Å². The number of halogens is 2. The molecule has 3 rings (SSSR count). The third kappa shape index (κ3) is 2.41. The van der Waals surface area contributed by atoms with Gasteiger partial charge in [0, 0.05) is 0 Å². The van der Waals surface area contributed by atoms with E-state index in [1.807, 2.05) is 0 Å². The first-order chi connectivity index (χ1) is 9.16. The third-order valence-electron chi connectivity index (χ3n) is 3.07. The van der Waals surface area contributed by atoms with Crippen LogP contribution in [0.15, 0.2) is 6.07 Å². The fraction of sp³-hybridized carbons (Fsp3) is 0.364. The average molecular weight is 317 g/mol. The van der Waals surface area contributed by atoms with Crippen molar-refractivity contribution in [2.75, 3.05) is 11.9 Å². The molecule has 2 N–H and O–H groups in total. The number of anilines is 1. The minimum absolute atomic E-state index is 0.101. The molecule has 0 saturated carbocycles. The summed E-state index contributed by atoms with van der Waals surface area (Å²) in [7, 11) is 0. The Morgan fingerprint density at radius 3 is 2.89 bits per heavy atom. The Morgan fingerprint density at radius 1 is 1.37 bits per heavy atom. The zero-order valence-electron chi connectivity index (χ0n) is 9.74. The molecule has 1 aliphatic rings. The molecule has 1 fully saturated rings. The molecule has 19 heavy (non-hydrogen) atoms. The number of fused-ring (bicyclic) bond motifs is 1. The van der Waals surface area contributed by atoms with E-state index < -0.39 is 0 Å². The van der Waals surface area contributed by atoms with Gasteiger partial charge < -0.3 is 10.6 Å². The van der Waals surface area contributed by atoms with Crippen molar-refractivity contribution in [3.63, 3.8) is 0 Å². The van der Waals surface area contributed by atoms with Crippen molar-refractivity contribution < 1.29 is 4.79 Å². The SMILES string of the molecule is O=C(Nc1c(Cl)cc(Cl)c2nsnc12)[C@@H]1CCCN1. The summed E-state index contributed by atoms with van der Waals surface area (Å²) < 4.78 is 8.24. The van der Waals surface area contributed by atoms with Crippen molar-refractivity contribution in [2.24, 2.45) is 0 Å². The Bertz CT molecular complexity index is 639. The Kier molecular flexibility index (Phi) is 3.58. The number of carbonyl (C=O) groups excluding carboxylic acids is 1. The number of amides is 1. The van der Waals surface area contributed by atoms with Gasteiger partial charge in [-0.15, -0.1) is 0 Å². The molecule has 0 aliphatic carbocycles. The number of nitrogens with one attached hydrogen (secondary N) is 2. The second kappa shape index (κ2) is 5.20. The summed E-state index contributed by atoms with van der Waals surface area (Å²) in [4.78, 5) is 12.1. The standard InChI is InChI=1S/C11H10Cl2N4OS/c12-5-4-6(13)9-10(17-19-16-9)8(5)15-11(18)7-2-1-3-14-7/h4,7,14H,1-3H2,(H,15,18)/t7-/m0/s1.